The highest BCUT2D eigenvalue weighted by Crippen LogP contribution is 2.32. The number of aromatic carboxylic acids is 1. The maximum atomic E-state index is 13.9. The summed E-state index contributed by atoms with van der Waals surface area (Å²) < 4.78 is 13.5. The van der Waals surface area contributed by atoms with Crippen LogP contribution in [0.1, 0.15) is 53.9 Å². The zero-order valence-electron chi connectivity index (χ0n) is 24.1. The van der Waals surface area contributed by atoms with E-state index in [1.165, 1.54) is 11.3 Å². The van der Waals surface area contributed by atoms with E-state index in [0.29, 0.717) is 26.4 Å². The van der Waals surface area contributed by atoms with Crippen LogP contribution in [0.3, 0.4) is 0 Å². The van der Waals surface area contributed by atoms with Gasteiger partial charge in [0.05, 0.1) is 33.5 Å². The Morgan fingerprint density at radius 2 is 1.72 bits per heavy atom. The van der Waals surface area contributed by atoms with Gasteiger partial charge in [0.25, 0.3) is 5.56 Å². The van der Waals surface area contributed by atoms with Crippen molar-refractivity contribution in [1.82, 2.24) is 4.57 Å². The molecule has 1 atom stereocenters. The summed E-state index contributed by atoms with van der Waals surface area (Å²) in [5, 5.41) is 9.06. The zero-order chi connectivity index (χ0) is 30.7. The Hall–Kier alpha value is -4.41. The van der Waals surface area contributed by atoms with Gasteiger partial charge in [-0.25, -0.2) is 14.6 Å². The van der Waals surface area contributed by atoms with Crippen molar-refractivity contribution in [1.29, 1.82) is 0 Å². The SMILES string of the molecule is CSc1ccc([C@@H]2C(C(=O)OC(C)C)=C(C)N=c3s/c(=C/c4ccc(OCc5ccc(C(=O)O)cc5)cc4)c(=O)n32)cc1. The number of aromatic nitrogens is 1. The maximum Gasteiger partial charge on any atom is 0.338 e. The molecular formula is C33H30N2O6S2. The van der Waals surface area contributed by atoms with E-state index in [2.05, 4.69) is 4.99 Å². The first-order valence-electron chi connectivity index (χ1n) is 13.6. The minimum atomic E-state index is -0.972. The summed E-state index contributed by atoms with van der Waals surface area (Å²) in [6, 6.07) is 21.0. The van der Waals surface area contributed by atoms with Crippen LogP contribution in [0, 0.1) is 0 Å². The van der Waals surface area contributed by atoms with Gasteiger partial charge in [0.2, 0.25) is 0 Å². The lowest BCUT2D eigenvalue weighted by Crippen LogP contribution is -2.40. The number of hydrogen-bond donors (Lipinski definition) is 1. The average molecular weight is 615 g/mol. The molecule has 2 heterocycles. The van der Waals surface area contributed by atoms with Gasteiger partial charge in [0.1, 0.15) is 12.4 Å². The third-order valence-electron chi connectivity index (χ3n) is 6.80. The number of thioether (sulfide) groups is 1. The number of nitrogens with zero attached hydrogens (tertiary/aromatic N) is 2. The molecule has 0 saturated carbocycles. The van der Waals surface area contributed by atoms with Crippen molar-refractivity contribution in [2.45, 2.75) is 44.4 Å². The van der Waals surface area contributed by atoms with E-state index in [1.54, 1.807) is 67.4 Å². The van der Waals surface area contributed by atoms with Crippen molar-refractivity contribution in [3.8, 4) is 5.75 Å². The Morgan fingerprint density at radius 1 is 1.05 bits per heavy atom. The molecule has 10 heteroatoms. The van der Waals surface area contributed by atoms with E-state index in [4.69, 9.17) is 14.6 Å². The van der Waals surface area contributed by atoms with Crippen LogP contribution in [-0.4, -0.2) is 34.0 Å². The predicted molar refractivity (Wildman–Crippen MR) is 167 cm³/mol. The number of allylic oxidation sites excluding steroid dienone is 1. The fourth-order valence-corrected chi connectivity index (χ4v) is 6.14. The van der Waals surface area contributed by atoms with Gasteiger partial charge in [0, 0.05) is 4.90 Å². The van der Waals surface area contributed by atoms with Crippen molar-refractivity contribution in [3.63, 3.8) is 0 Å². The fraction of sp³-hybridized carbons (Fsp3) is 0.212. The Labute approximate surface area is 256 Å². The largest absolute Gasteiger partial charge is 0.489 e. The van der Waals surface area contributed by atoms with Gasteiger partial charge in [0.15, 0.2) is 4.80 Å². The molecule has 43 heavy (non-hydrogen) atoms. The molecule has 220 valence electrons. The van der Waals surface area contributed by atoms with Crippen LogP contribution in [0.4, 0.5) is 0 Å². The molecule has 0 radical (unpaired) electrons. The summed E-state index contributed by atoms with van der Waals surface area (Å²) in [5.74, 6) is -0.823. The molecule has 0 fully saturated rings. The zero-order valence-corrected chi connectivity index (χ0v) is 25.7. The molecule has 0 bridgehead atoms. The first-order valence-corrected chi connectivity index (χ1v) is 15.6. The summed E-state index contributed by atoms with van der Waals surface area (Å²) in [6.45, 7) is 5.65. The second kappa shape index (κ2) is 12.8. The van der Waals surface area contributed by atoms with E-state index >= 15 is 0 Å². The molecule has 1 N–H and O–H groups in total. The quantitative estimate of drug-likeness (QED) is 0.204. The van der Waals surface area contributed by atoms with Crippen LogP contribution in [0.5, 0.6) is 5.75 Å². The van der Waals surface area contributed by atoms with E-state index in [1.807, 2.05) is 54.8 Å². The van der Waals surface area contributed by atoms with Gasteiger partial charge in [-0.05, 0) is 86.2 Å². The van der Waals surface area contributed by atoms with Gasteiger partial charge >= 0.3 is 11.9 Å². The number of carbonyl (C=O) groups excluding carboxylic acids is 1. The van der Waals surface area contributed by atoms with Crippen LogP contribution >= 0.6 is 23.1 Å². The predicted octanol–water partition coefficient (Wildman–Crippen LogP) is 5.19. The molecule has 0 amide bonds. The average Bonchev–Trinajstić information content (AvgIpc) is 3.29. The first-order chi connectivity index (χ1) is 20.6. The van der Waals surface area contributed by atoms with Gasteiger partial charge < -0.3 is 14.6 Å². The molecule has 5 rings (SSSR count). The van der Waals surface area contributed by atoms with Gasteiger partial charge in [-0.3, -0.25) is 9.36 Å². The highest BCUT2D eigenvalue weighted by Gasteiger charge is 2.33. The second-order valence-corrected chi connectivity index (χ2v) is 12.1. The number of carboxylic acids is 1. The van der Waals surface area contributed by atoms with E-state index < -0.39 is 18.0 Å². The molecule has 1 aromatic heterocycles. The van der Waals surface area contributed by atoms with E-state index in [-0.39, 0.29) is 23.8 Å². The summed E-state index contributed by atoms with van der Waals surface area (Å²) >= 11 is 2.89. The third kappa shape index (κ3) is 6.65. The molecule has 0 aliphatic carbocycles. The van der Waals surface area contributed by atoms with Crippen LogP contribution in [-0.2, 0) is 16.1 Å². The molecule has 1 aliphatic heterocycles. The van der Waals surface area contributed by atoms with Crippen LogP contribution in [0.25, 0.3) is 6.08 Å². The Bertz CT molecular complexity index is 1870. The minimum Gasteiger partial charge on any atom is -0.489 e. The molecule has 1 aliphatic rings. The third-order valence-corrected chi connectivity index (χ3v) is 8.53. The van der Waals surface area contributed by atoms with Gasteiger partial charge in [-0.2, -0.15) is 0 Å². The molecule has 0 saturated heterocycles. The maximum absolute atomic E-state index is 13.9. The molecule has 8 nitrogen and oxygen atoms in total. The van der Waals surface area contributed by atoms with Crippen molar-refractivity contribution in [3.05, 3.63) is 126 Å². The second-order valence-electron chi connectivity index (χ2n) is 10.2. The van der Waals surface area contributed by atoms with Crippen LogP contribution in [0.2, 0.25) is 0 Å². The number of thiazole rings is 1. The van der Waals surface area contributed by atoms with Crippen molar-refractivity contribution in [2.24, 2.45) is 4.99 Å². The molecule has 0 spiro atoms. The summed E-state index contributed by atoms with van der Waals surface area (Å²) in [5.41, 5.74) is 3.31. The normalized spacial score (nSPS) is 14.8. The topological polar surface area (TPSA) is 107 Å². The number of carboxylic acid groups (broad SMARTS) is 1. The number of rotatable bonds is 9. The standard InChI is InChI=1S/C33H30N2O6S2/c1-19(2)41-32(39)28-20(3)34-33-35(29(28)23-11-15-26(42-4)16-12-23)30(36)27(43-33)17-21-7-13-25(14-8-21)40-18-22-5-9-24(10-6-22)31(37)38/h5-17,19,29H,18H2,1-4H3,(H,37,38)/b27-17+/t29-/m1/s1. The molecular weight excluding hydrogens is 585 g/mol. The Morgan fingerprint density at radius 3 is 2.33 bits per heavy atom. The summed E-state index contributed by atoms with van der Waals surface area (Å²) in [6.07, 6.45) is 3.48. The number of ether oxygens (including phenoxy) is 2. The Balaban J connectivity index is 1.45. The van der Waals surface area contributed by atoms with E-state index in [0.717, 1.165) is 21.6 Å². The Kier molecular flexibility index (Phi) is 8.98. The molecule has 0 unspecified atom stereocenters. The van der Waals surface area contributed by atoms with Crippen LogP contribution in [0.15, 0.2) is 98.7 Å². The summed E-state index contributed by atoms with van der Waals surface area (Å²) in [4.78, 5) is 44.4. The molecule has 3 aromatic carbocycles. The van der Waals surface area contributed by atoms with Crippen molar-refractivity contribution < 1.29 is 24.2 Å². The monoisotopic (exact) mass is 614 g/mol. The van der Waals surface area contributed by atoms with Gasteiger partial charge in [-0.1, -0.05) is 47.7 Å². The first kappa shape index (κ1) is 30.1. The molecule has 4 aromatic rings. The number of benzene rings is 3. The number of hydrogen-bond acceptors (Lipinski definition) is 8. The highest BCUT2D eigenvalue weighted by molar-refractivity contribution is 7.98. The lowest BCUT2D eigenvalue weighted by Gasteiger charge is -2.25. The van der Waals surface area contributed by atoms with Crippen molar-refractivity contribution in [2.75, 3.05) is 6.26 Å². The highest BCUT2D eigenvalue weighted by atomic mass is 32.2. The van der Waals surface area contributed by atoms with Crippen LogP contribution < -0.4 is 19.6 Å². The lowest BCUT2D eigenvalue weighted by molar-refractivity contribution is -0.143. The minimum absolute atomic E-state index is 0.222. The fourth-order valence-electron chi connectivity index (χ4n) is 4.68. The smallest absolute Gasteiger partial charge is 0.338 e. The van der Waals surface area contributed by atoms with E-state index in [9.17, 15) is 14.4 Å². The number of esters is 1. The van der Waals surface area contributed by atoms with Gasteiger partial charge in [-0.15, -0.1) is 11.8 Å². The number of carbonyl (C=O) groups is 2. The van der Waals surface area contributed by atoms with Crippen molar-refractivity contribution >= 4 is 41.1 Å². The summed E-state index contributed by atoms with van der Waals surface area (Å²) in [7, 11) is 0. The lowest BCUT2D eigenvalue weighted by atomic mass is 9.96. The number of fused-ring (bicyclic) bond motifs is 1.